The number of hydrogen-bond acceptors (Lipinski definition) is 3. The maximum absolute atomic E-state index is 14.2. The Balaban J connectivity index is 1.91. The minimum absolute atomic E-state index is 0.0564. The molecule has 0 aromatic heterocycles. The fraction of sp³-hybridized carbons (Fsp3) is 0.538. The second-order valence-electron chi connectivity index (χ2n) is 10.2. The zero-order valence-electron chi connectivity index (χ0n) is 19.3. The Morgan fingerprint density at radius 1 is 0.967 bits per heavy atom. The highest BCUT2D eigenvalue weighted by molar-refractivity contribution is 7.62. The summed E-state index contributed by atoms with van der Waals surface area (Å²) in [6, 6.07) is 17.3. The van der Waals surface area contributed by atoms with Crippen LogP contribution in [0.15, 0.2) is 54.6 Å². The molecular formula is C26H37O3P. The summed E-state index contributed by atoms with van der Waals surface area (Å²) in [6.45, 7) is 13.3. The van der Waals surface area contributed by atoms with E-state index in [4.69, 9.17) is 9.05 Å². The van der Waals surface area contributed by atoms with Gasteiger partial charge in [0, 0.05) is 0 Å². The van der Waals surface area contributed by atoms with Crippen LogP contribution in [-0.2, 0) is 14.5 Å². The Labute approximate surface area is 182 Å². The second-order valence-corrected chi connectivity index (χ2v) is 12.1. The largest absolute Gasteiger partial charge is 0.421 e. The first-order valence-electron chi connectivity index (χ1n) is 11.2. The van der Waals surface area contributed by atoms with Crippen LogP contribution >= 0.6 is 7.60 Å². The van der Waals surface area contributed by atoms with Crippen molar-refractivity contribution in [3.63, 3.8) is 0 Å². The van der Waals surface area contributed by atoms with Gasteiger partial charge in [0.15, 0.2) is 0 Å². The van der Waals surface area contributed by atoms with Crippen molar-refractivity contribution in [2.75, 3.05) is 0 Å². The highest BCUT2D eigenvalue weighted by Crippen LogP contribution is 2.52. The van der Waals surface area contributed by atoms with Gasteiger partial charge in [-0.1, -0.05) is 78.3 Å². The highest BCUT2D eigenvalue weighted by atomic mass is 31.2. The van der Waals surface area contributed by atoms with Gasteiger partial charge in [0.05, 0.1) is 11.4 Å². The molecule has 4 heteroatoms. The predicted octanol–water partition coefficient (Wildman–Crippen LogP) is 7.36. The van der Waals surface area contributed by atoms with Crippen molar-refractivity contribution < 1.29 is 13.6 Å². The van der Waals surface area contributed by atoms with Gasteiger partial charge in [-0.3, -0.25) is 4.52 Å². The van der Waals surface area contributed by atoms with Crippen LogP contribution in [0.2, 0.25) is 0 Å². The van der Waals surface area contributed by atoms with Crippen LogP contribution in [0.3, 0.4) is 0 Å². The van der Waals surface area contributed by atoms with Gasteiger partial charge >= 0.3 is 7.60 Å². The lowest BCUT2D eigenvalue weighted by molar-refractivity contribution is 0.0414. The topological polar surface area (TPSA) is 35.5 Å². The van der Waals surface area contributed by atoms with Crippen LogP contribution in [0.1, 0.15) is 66.4 Å². The van der Waals surface area contributed by atoms with E-state index in [-0.39, 0.29) is 11.5 Å². The molecule has 1 aliphatic rings. The Hall–Kier alpha value is -1.57. The summed E-state index contributed by atoms with van der Waals surface area (Å²) < 4.78 is 26.8. The normalized spacial score (nSPS) is 24.4. The SMILES string of the molecule is CC(C)[C@H]1CC[C@H](C)C[C@@H]1OP(=O)(Oc1ccc(C(C)(C)C)cc1)c1ccccc1. The Bertz CT molecular complexity index is 852. The lowest BCUT2D eigenvalue weighted by atomic mass is 9.75. The van der Waals surface area contributed by atoms with Crippen LogP contribution < -0.4 is 9.83 Å². The first kappa shape index (κ1) is 23.1. The average Bonchev–Trinajstić information content (AvgIpc) is 2.68. The van der Waals surface area contributed by atoms with Crippen LogP contribution in [0.25, 0.3) is 0 Å². The molecule has 1 fully saturated rings. The van der Waals surface area contributed by atoms with Gasteiger partial charge < -0.3 is 4.52 Å². The first-order valence-corrected chi connectivity index (χ1v) is 12.8. The third-order valence-electron chi connectivity index (χ3n) is 6.25. The van der Waals surface area contributed by atoms with Crippen molar-refractivity contribution in [1.82, 2.24) is 0 Å². The van der Waals surface area contributed by atoms with E-state index in [1.54, 1.807) is 0 Å². The van der Waals surface area contributed by atoms with Crippen molar-refractivity contribution in [3.8, 4) is 5.75 Å². The minimum atomic E-state index is -3.52. The molecule has 0 aliphatic heterocycles. The zero-order valence-corrected chi connectivity index (χ0v) is 20.2. The lowest BCUT2D eigenvalue weighted by Crippen LogP contribution is -2.35. The van der Waals surface area contributed by atoms with Gasteiger partial charge in [0.25, 0.3) is 0 Å². The first-order chi connectivity index (χ1) is 14.1. The van der Waals surface area contributed by atoms with E-state index in [9.17, 15) is 4.57 Å². The van der Waals surface area contributed by atoms with E-state index in [0.29, 0.717) is 28.8 Å². The van der Waals surface area contributed by atoms with E-state index in [0.717, 1.165) is 12.8 Å². The maximum atomic E-state index is 14.2. The van der Waals surface area contributed by atoms with Crippen molar-refractivity contribution in [2.45, 2.75) is 72.3 Å². The molecule has 2 aromatic rings. The van der Waals surface area contributed by atoms with Gasteiger partial charge in [0.2, 0.25) is 0 Å². The molecule has 0 spiro atoms. The Kier molecular flexibility index (Phi) is 7.15. The molecule has 1 unspecified atom stereocenters. The van der Waals surface area contributed by atoms with Gasteiger partial charge in [-0.05, 0) is 65.8 Å². The molecule has 0 heterocycles. The molecule has 1 saturated carbocycles. The summed E-state index contributed by atoms with van der Waals surface area (Å²) in [5.74, 6) is 2.03. The molecule has 0 radical (unpaired) electrons. The van der Waals surface area contributed by atoms with E-state index in [1.165, 1.54) is 12.0 Å². The molecule has 164 valence electrons. The monoisotopic (exact) mass is 428 g/mol. The van der Waals surface area contributed by atoms with E-state index < -0.39 is 7.60 Å². The van der Waals surface area contributed by atoms with E-state index in [2.05, 4.69) is 41.5 Å². The van der Waals surface area contributed by atoms with Gasteiger partial charge in [-0.15, -0.1) is 0 Å². The fourth-order valence-electron chi connectivity index (χ4n) is 4.31. The van der Waals surface area contributed by atoms with Crippen molar-refractivity contribution in [1.29, 1.82) is 0 Å². The maximum Gasteiger partial charge on any atom is 0.411 e. The zero-order chi connectivity index (χ0) is 21.9. The summed E-state index contributed by atoms with van der Waals surface area (Å²) in [5.41, 5.74) is 1.27. The molecule has 2 aromatic carbocycles. The summed E-state index contributed by atoms with van der Waals surface area (Å²) in [6.07, 6.45) is 3.17. The highest BCUT2D eigenvalue weighted by Gasteiger charge is 2.39. The van der Waals surface area contributed by atoms with Crippen molar-refractivity contribution in [2.24, 2.45) is 17.8 Å². The molecule has 0 saturated heterocycles. The van der Waals surface area contributed by atoms with E-state index in [1.807, 2.05) is 54.6 Å². The summed E-state index contributed by atoms with van der Waals surface area (Å²) in [5, 5.41) is 0.616. The summed E-state index contributed by atoms with van der Waals surface area (Å²) >= 11 is 0. The van der Waals surface area contributed by atoms with Crippen LogP contribution in [0.5, 0.6) is 5.75 Å². The standard InChI is InChI=1S/C26H37O3P/c1-19(2)24-17-12-20(3)18-25(24)29-30(27,23-10-8-7-9-11-23)28-22-15-13-21(14-16-22)26(4,5)6/h7-11,13-16,19-20,24-25H,12,17-18H2,1-6H3/t20-,24+,25-,30?/m0/s1. The molecular weight excluding hydrogens is 391 g/mol. The third kappa shape index (κ3) is 5.56. The van der Waals surface area contributed by atoms with Gasteiger partial charge in [0.1, 0.15) is 5.75 Å². The van der Waals surface area contributed by atoms with Gasteiger partial charge in [-0.2, -0.15) is 0 Å². The van der Waals surface area contributed by atoms with Gasteiger partial charge in [-0.25, -0.2) is 4.57 Å². The quantitative estimate of drug-likeness (QED) is 0.451. The second kappa shape index (κ2) is 9.28. The van der Waals surface area contributed by atoms with Crippen molar-refractivity contribution in [3.05, 3.63) is 60.2 Å². The molecule has 30 heavy (non-hydrogen) atoms. The Morgan fingerprint density at radius 2 is 1.60 bits per heavy atom. The Morgan fingerprint density at radius 3 is 2.17 bits per heavy atom. The van der Waals surface area contributed by atoms with Crippen LogP contribution in [-0.4, -0.2) is 6.10 Å². The molecule has 0 bridgehead atoms. The molecule has 4 atom stereocenters. The molecule has 0 amide bonds. The third-order valence-corrected chi connectivity index (χ3v) is 8.18. The van der Waals surface area contributed by atoms with Crippen LogP contribution in [0.4, 0.5) is 0 Å². The predicted molar refractivity (Wildman–Crippen MR) is 126 cm³/mol. The lowest BCUT2D eigenvalue weighted by Gasteiger charge is -2.38. The number of hydrogen-bond donors (Lipinski definition) is 0. The molecule has 0 N–H and O–H groups in total. The summed E-state index contributed by atoms with van der Waals surface area (Å²) in [4.78, 5) is 0. The molecule has 1 aliphatic carbocycles. The fourth-order valence-corrected chi connectivity index (χ4v) is 6.12. The molecule has 3 rings (SSSR count). The smallest absolute Gasteiger partial charge is 0.411 e. The van der Waals surface area contributed by atoms with E-state index >= 15 is 0 Å². The molecule has 3 nitrogen and oxygen atoms in total. The number of rotatable bonds is 6. The van der Waals surface area contributed by atoms with Crippen LogP contribution in [0, 0.1) is 17.8 Å². The van der Waals surface area contributed by atoms with Crippen molar-refractivity contribution >= 4 is 12.9 Å². The average molecular weight is 429 g/mol. The number of benzene rings is 2. The minimum Gasteiger partial charge on any atom is -0.421 e. The summed E-state index contributed by atoms with van der Waals surface area (Å²) in [7, 11) is -3.52.